The average molecular weight is 1310 g/mol. The summed E-state index contributed by atoms with van der Waals surface area (Å²) in [4.78, 5) is 26.7. The van der Waals surface area contributed by atoms with Crippen LogP contribution in [-0.4, -0.2) is 88.8 Å². The first-order chi connectivity index (χ1) is 45.2. The van der Waals surface area contributed by atoms with E-state index >= 15 is 0 Å². The largest absolute Gasteiger partial charge is 0.504 e. The number of hydrogen-bond acceptors (Lipinski definition) is 8. The molecule has 0 atom stereocenters. The maximum absolute atomic E-state index is 11.8. The standard InChI is InChI=1S/C14H22N2O.C12H19NO.C11H16O.C11H14O.C10H14O2.2C10H14.C9H12/c1-11(2)12-5-7-13(8-6-12)14(17)15-9-10-16(3)4;1-10(2)11-5-7-12(8-6-11)14-9-13(3)4;1-8(2)10-6-5-9(3)11(7-10)12-4;1-8(2)10-4-6-11(7-5-10)9(3)12;1-7(2)8-4-5-10(12-3)9(11)6-8;1-8(2)10-6-4-9(3)5-7-10;1-8(2)10-6-4-5-9(3)7-10;1-8(2)9-6-4-3-5-7-9/h5-8,11H,9-10H2,1-4H3,(H,15,17);5-8,10H,9H2,1-4H3;5-8H,1-4H3;4-8H,1-3H3;4-7,11H,1-3H3;2*4-8H,1-3H3;3-8H,1-2H3. The third-order valence-electron chi connectivity index (χ3n) is 15.6. The topological polar surface area (TPSA) is 101 Å². The quantitative estimate of drug-likeness (QED) is 0.0647. The van der Waals surface area contributed by atoms with Crippen LogP contribution in [0, 0.1) is 20.8 Å². The molecule has 0 aliphatic heterocycles. The molecule has 0 spiro atoms. The summed E-state index contributed by atoms with van der Waals surface area (Å²) in [6, 6.07) is 63.7. The number of benzene rings is 8. The molecule has 0 saturated heterocycles. The number of nitrogens with zero attached hydrogens (tertiary/aromatic N) is 2. The maximum Gasteiger partial charge on any atom is 0.251 e. The molecule has 0 bridgehead atoms. The number of Topliss-reactive ketones (excluding diaryl/α,β-unsaturated/α-hetero) is 1. The molecule has 0 aliphatic rings. The van der Waals surface area contributed by atoms with Gasteiger partial charge in [0.1, 0.15) is 18.2 Å². The molecule has 8 rings (SSSR count). The zero-order valence-corrected chi connectivity index (χ0v) is 64.0. The Kier molecular flexibility index (Phi) is 42.1. The molecule has 524 valence electrons. The molecule has 96 heavy (non-hydrogen) atoms. The first kappa shape index (κ1) is 86.0. The molecule has 8 aromatic carbocycles. The van der Waals surface area contributed by atoms with E-state index in [0.29, 0.717) is 66.4 Å². The number of methoxy groups -OCH3 is 2. The molecule has 0 fully saturated rings. The predicted octanol–water partition coefficient (Wildman–Crippen LogP) is 22.5. The number of ether oxygens (including phenoxy) is 3. The minimum atomic E-state index is 0.00200. The minimum absolute atomic E-state index is 0.00200. The monoisotopic (exact) mass is 1310 g/mol. The smallest absolute Gasteiger partial charge is 0.251 e. The van der Waals surface area contributed by atoms with E-state index in [9.17, 15) is 14.7 Å². The van der Waals surface area contributed by atoms with Gasteiger partial charge in [0.15, 0.2) is 17.3 Å². The van der Waals surface area contributed by atoms with Gasteiger partial charge in [0.25, 0.3) is 5.91 Å². The molecule has 0 unspecified atom stereocenters. The van der Waals surface area contributed by atoms with Gasteiger partial charge in [-0.3, -0.25) is 14.5 Å². The van der Waals surface area contributed by atoms with E-state index < -0.39 is 0 Å². The van der Waals surface area contributed by atoms with Crippen LogP contribution in [0.5, 0.6) is 23.0 Å². The van der Waals surface area contributed by atoms with Gasteiger partial charge in [0.2, 0.25) is 0 Å². The minimum Gasteiger partial charge on any atom is -0.504 e. The van der Waals surface area contributed by atoms with Crippen molar-refractivity contribution in [2.24, 2.45) is 0 Å². The highest BCUT2D eigenvalue weighted by molar-refractivity contribution is 5.94. The second kappa shape index (κ2) is 47.0. The molecule has 8 aromatic rings. The summed E-state index contributed by atoms with van der Waals surface area (Å²) in [6.07, 6.45) is 0. The van der Waals surface area contributed by atoms with Gasteiger partial charge in [-0.15, -0.1) is 0 Å². The number of ketones is 1. The summed E-state index contributed by atoms with van der Waals surface area (Å²) >= 11 is 0. The molecule has 9 nitrogen and oxygen atoms in total. The summed E-state index contributed by atoms with van der Waals surface area (Å²) in [5.74, 6) is 7.37. The van der Waals surface area contributed by atoms with Crippen molar-refractivity contribution in [3.63, 3.8) is 0 Å². The first-order valence-corrected chi connectivity index (χ1v) is 34.4. The van der Waals surface area contributed by atoms with Crippen LogP contribution in [0.1, 0.15) is 247 Å². The molecule has 1 amide bonds. The van der Waals surface area contributed by atoms with Crippen molar-refractivity contribution >= 4 is 11.7 Å². The maximum atomic E-state index is 11.8. The van der Waals surface area contributed by atoms with Crippen molar-refractivity contribution < 1.29 is 28.9 Å². The van der Waals surface area contributed by atoms with Crippen molar-refractivity contribution in [3.8, 4) is 23.0 Å². The first-order valence-electron chi connectivity index (χ1n) is 34.4. The SMILES string of the molecule is CC(=O)c1ccc(C(C)C)cc1.CC(C)c1ccc(C(=O)NCCN(C)C)cc1.CC(C)c1ccc(OCN(C)C)cc1.CC(C)c1ccccc1.COc1cc(C(C)C)ccc1C.COc1ccc(C(C)C)cc1O.Cc1ccc(C(C)C)cc1.Cc1cccc(C(C)C)c1. The number of likely N-dealkylation sites (N-methyl/N-ethyl adjacent to an activating group) is 1. The van der Waals surface area contributed by atoms with E-state index in [-0.39, 0.29) is 17.4 Å². The fraction of sp³-hybridized carbons (Fsp3) is 0.425. The summed E-state index contributed by atoms with van der Waals surface area (Å²) in [6.45, 7) is 44.8. The van der Waals surface area contributed by atoms with Gasteiger partial charge in [-0.1, -0.05) is 267 Å². The normalized spacial score (nSPS) is 10.5. The van der Waals surface area contributed by atoms with E-state index in [1.54, 1.807) is 33.3 Å². The van der Waals surface area contributed by atoms with E-state index in [4.69, 9.17) is 14.2 Å². The van der Waals surface area contributed by atoms with Gasteiger partial charge < -0.3 is 29.5 Å². The van der Waals surface area contributed by atoms with Gasteiger partial charge in [-0.2, -0.15) is 0 Å². The highest BCUT2D eigenvalue weighted by Crippen LogP contribution is 2.29. The fourth-order valence-electron chi connectivity index (χ4n) is 8.85. The van der Waals surface area contributed by atoms with Crippen molar-refractivity contribution in [3.05, 3.63) is 260 Å². The van der Waals surface area contributed by atoms with Crippen LogP contribution in [0.3, 0.4) is 0 Å². The van der Waals surface area contributed by atoms with E-state index in [2.05, 4.69) is 240 Å². The second-order valence-corrected chi connectivity index (χ2v) is 27.4. The van der Waals surface area contributed by atoms with Crippen LogP contribution in [0.25, 0.3) is 0 Å². The number of phenols is 1. The van der Waals surface area contributed by atoms with Gasteiger partial charge in [0.05, 0.1) is 14.2 Å². The number of phenolic OH excluding ortho intramolecular Hbond substituents is 1. The van der Waals surface area contributed by atoms with Gasteiger partial charge in [-0.25, -0.2) is 0 Å². The van der Waals surface area contributed by atoms with Crippen molar-refractivity contribution in [2.75, 3.05) is 62.2 Å². The zero-order valence-electron chi connectivity index (χ0n) is 64.0. The van der Waals surface area contributed by atoms with E-state index in [0.717, 1.165) is 34.7 Å². The number of carbonyl (C=O) groups excluding carboxylic acids is 2. The van der Waals surface area contributed by atoms with Crippen LogP contribution in [-0.2, 0) is 0 Å². The van der Waals surface area contributed by atoms with Gasteiger partial charge >= 0.3 is 0 Å². The Morgan fingerprint density at radius 1 is 0.396 bits per heavy atom. The molecule has 2 N–H and O–H groups in total. The zero-order chi connectivity index (χ0) is 72.6. The Hall–Kier alpha value is -7.98. The molecule has 9 heteroatoms. The van der Waals surface area contributed by atoms with Crippen LogP contribution in [0.15, 0.2) is 188 Å². The average Bonchev–Trinajstić information content (AvgIpc) is 1.18. The predicted molar refractivity (Wildman–Crippen MR) is 413 cm³/mol. The molecule has 0 radical (unpaired) electrons. The highest BCUT2D eigenvalue weighted by Gasteiger charge is 2.09. The number of aryl methyl sites for hydroxylation is 3. The van der Waals surface area contributed by atoms with E-state index in [1.165, 1.54) is 55.6 Å². The Morgan fingerprint density at radius 3 is 1.15 bits per heavy atom. The van der Waals surface area contributed by atoms with Gasteiger partial charge in [0, 0.05) is 24.2 Å². The van der Waals surface area contributed by atoms with Crippen molar-refractivity contribution in [2.45, 2.75) is 186 Å². The number of aromatic hydroxyl groups is 1. The van der Waals surface area contributed by atoms with Gasteiger partial charge in [-0.05, 0) is 196 Å². The molecule has 0 aromatic heterocycles. The Labute approximate surface area is 584 Å². The van der Waals surface area contributed by atoms with Crippen molar-refractivity contribution in [1.82, 2.24) is 15.1 Å². The summed E-state index contributed by atoms with van der Waals surface area (Å²) in [5.41, 5.74) is 16.0. The fourth-order valence-corrected chi connectivity index (χ4v) is 8.85. The number of carbonyl (C=O) groups is 2. The second-order valence-electron chi connectivity index (χ2n) is 27.4. The molecule has 0 saturated carbocycles. The molecule has 0 heterocycles. The molecule has 0 aliphatic carbocycles. The summed E-state index contributed by atoms with van der Waals surface area (Å²) < 4.78 is 15.7. The molecular formula is C87H125N3O6. The number of rotatable bonds is 18. The lowest BCUT2D eigenvalue weighted by Crippen LogP contribution is -2.31. The van der Waals surface area contributed by atoms with Crippen LogP contribution < -0.4 is 19.5 Å². The Bertz CT molecular complexity index is 3340. The molecular weight excluding hydrogens is 1180 g/mol. The summed E-state index contributed by atoms with van der Waals surface area (Å²) in [7, 11) is 11.2. The third kappa shape index (κ3) is 36.2. The van der Waals surface area contributed by atoms with E-state index in [1.807, 2.05) is 111 Å². The lowest BCUT2D eigenvalue weighted by atomic mass is 10.0. The van der Waals surface area contributed by atoms with Crippen LogP contribution in [0.2, 0.25) is 0 Å². The van der Waals surface area contributed by atoms with Crippen LogP contribution in [0.4, 0.5) is 0 Å². The summed E-state index contributed by atoms with van der Waals surface area (Å²) in [5, 5.41) is 12.3. The lowest BCUT2D eigenvalue weighted by Gasteiger charge is -2.12. The number of hydrogen-bond donors (Lipinski definition) is 2. The number of nitrogens with one attached hydrogen (secondary N) is 1. The highest BCUT2D eigenvalue weighted by atomic mass is 16.5. The third-order valence-corrected chi connectivity index (χ3v) is 15.6. The van der Waals surface area contributed by atoms with Crippen LogP contribution >= 0.6 is 0 Å². The Morgan fingerprint density at radius 2 is 0.771 bits per heavy atom. The number of amides is 1. The van der Waals surface area contributed by atoms with Crippen molar-refractivity contribution in [1.29, 1.82) is 0 Å². The lowest BCUT2D eigenvalue weighted by molar-refractivity contribution is 0.0950. The Balaban J connectivity index is 0.000000552.